The maximum Gasteiger partial charge on any atom is 0.147 e. The van der Waals surface area contributed by atoms with Crippen LogP contribution in [0.2, 0.25) is 0 Å². The number of halogens is 3. The van der Waals surface area contributed by atoms with Gasteiger partial charge in [0.1, 0.15) is 11.6 Å². The van der Waals surface area contributed by atoms with Crippen LogP contribution in [0.5, 0.6) is 0 Å². The Morgan fingerprint density at radius 1 is 1.37 bits per heavy atom. The van der Waals surface area contributed by atoms with Crippen LogP contribution in [-0.2, 0) is 4.74 Å². The molecular formula is C14H18BrF2NO. The first-order chi connectivity index (χ1) is 9.10. The smallest absolute Gasteiger partial charge is 0.147 e. The quantitative estimate of drug-likeness (QED) is 0.820. The van der Waals surface area contributed by atoms with E-state index in [9.17, 15) is 8.78 Å². The Bertz CT molecular complexity index is 440. The maximum absolute atomic E-state index is 13.7. The average molecular weight is 334 g/mol. The standard InChI is InChI=1S/C14H18BrF2NO/c1-2-3-10-6-9(4-5-19-10)18-14-8-12(16)11(15)7-13(14)17/h7-10,18H,2-6H2,1H3. The molecule has 0 radical (unpaired) electrons. The summed E-state index contributed by atoms with van der Waals surface area (Å²) < 4.78 is 33.0. The zero-order valence-corrected chi connectivity index (χ0v) is 12.5. The highest BCUT2D eigenvalue weighted by molar-refractivity contribution is 9.10. The summed E-state index contributed by atoms with van der Waals surface area (Å²) in [5.74, 6) is -0.895. The lowest BCUT2D eigenvalue weighted by molar-refractivity contribution is 0.00593. The molecule has 2 atom stereocenters. The number of hydrogen-bond donors (Lipinski definition) is 1. The Kier molecular flexibility index (Phi) is 5.16. The van der Waals surface area contributed by atoms with Crippen molar-refractivity contribution in [3.63, 3.8) is 0 Å². The number of ether oxygens (including phenoxy) is 1. The summed E-state index contributed by atoms with van der Waals surface area (Å²) in [6.45, 7) is 2.78. The van der Waals surface area contributed by atoms with E-state index in [1.165, 1.54) is 6.07 Å². The van der Waals surface area contributed by atoms with Gasteiger partial charge in [-0.3, -0.25) is 0 Å². The Balaban J connectivity index is 2.02. The molecule has 106 valence electrons. The van der Waals surface area contributed by atoms with Crippen LogP contribution >= 0.6 is 15.9 Å². The predicted octanol–water partition coefficient (Wildman–Crippen LogP) is 4.49. The maximum atomic E-state index is 13.7. The van der Waals surface area contributed by atoms with Gasteiger partial charge < -0.3 is 10.1 Å². The van der Waals surface area contributed by atoms with E-state index >= 15 is 0 Å². The molecule has 1 fully saturated rings. The fourth-order valence-electron chi connectivity index (χ4n) is 2.39. The molecule has 1 saturated heterocycles. The van der Waals surface area contributed by atoms with Crippen molar-refractivity contribution in [1.82, 2.24) is 0 Å². The van der Waals surface area contributed by atoms with Crippen LogP contribution in [0.1, 0.15) is 32.6 Å². The van der Waals surface area contributed by atoms with Crippen LogP contribution in [0.3, 0.4) is 0 Å². The van der Waals surface area contributed by atoms with Gasteiger partial charge in [0.2, 0.25) is 0 Å². The van der Waals surface area contributed by atoms with Crippen molar-refractivity contribution in [1.29, 1.82) is 0 Å². The highest BCUT2D eigenvalue weighted by Gasteiger charge is 2.23. The van der Waals surface area contributed by atoms with Gasteiger partial charge in [-0.2, -0.15) is 0 Å². The molecule has 1 aromatic rings. The summed E-state index contributed by atoms with van der Waals surface area (Å²) in [6.07, 6.45) is 3.95. The second-order valence-electron chi connectivity index (χ2n) is 4.89. The molecule has 5 heteroatoms. The van der Waals surface area contributed by atoms with Gasteiger partial charge in [0.15, 0.2) is 0 Å². The third-order valence-corrected chi connectivity index (χ3v) is 3.96. The first-order valence-corrected chi connectivity index (χ1v) is 7.42. The molecule has 0 amide bonds. The summed E-state index contributed by atoms with van der Waals surface area (Å²) in [7, 11) is 0. The average Bonchev–Trinajstić information content (AvgIpc) is 2.37. The molecule has 0 spiro atoms. The molecule has 1 heterocycles. The second-order valence-corrected chi connectivity index (χ2v) is 5.75. The largest absolute Gasteiger partial charge is 0.380 e. The van der Waals surface area contributed by atoms with Crippen LogP contribution in [0.25, 0.3) is 0 Å². The first kappa shape index (κ1) is 14.7. The molecule has 1 aliphatic heterocycles. The molecule has 0 aliphatic carbocycles. The molecule has 0 aromatic heterocycles. The minimum absolute atomic E-state index is 0.139. The lowest BCUT2D eigenvalue weighted by atomic mass is 10.00. The predicted molar refractivity (Wildman–Crippen MR) is 75.4 cm³/mol. The Morgan fingerprint density at radius 3 is 2.89 bits per heavy atom. The molecule has 2 nitrogen and oxygen atoms in total. The Morgan fingerprint density at radius 2 is 2.16 bits per heavy atom. The number of hydrogen-bond acceptors (Lipinski definition) is 2. The summed E-state index contributed by atoms with van der Waals surface area (Å²) in [6, 6.07) is 2.49. The summed E-state index contributed by atoms with van der Waals surface area (Å²) in [5, 5.41) is 3.09. The van der Waals surface area contributed by atoms with Crippen LogP contribution < -0.4 is 5.32 Å². The summed E-state index contributed by atoms with van der Waals surface area (Å²) in [4.78, 5) is 0. The monoisotopic (exact) mass is 333 g/mol. The normalized spacial score (nSPS) is 23.4. The van der Waals surface area contributed by atoms with Gasteiger partial charge in [-0.1, -0.05) is 13.3 Å². The van der Waals surface area contributed by atoms with Crippen LogP contribution in [0.15, 0.2) is 16.6 Å². The van der Waals surface area contributed by atoms with E-state index in [1.807, 2.05) is 0 Å². The van der Waals surface area contributed by atoms with Gasteiger partial charge in [-0.25, -0.2) is 8.78 Å². The fraction of sp³-hybridized carbons (Fsp3) is 0.571. The highest BCUT2D eigenvalue weighted by Crippen LogP contribution is 2.26. The number of rotatable bonds is 4. The molecule has 2 unspecified atom stereocenters. The number of benzene rings is 1. The molecular weight excluding hydrogens is 316 g/mol. The van der Waals surface area contributed by atoms with Crippen molar-refractivity contribution in [3.05, 3.63) is 28.2 Å². The topological polar surface area (TPSA) is 21.3 Å². The molecule has 19 heavy (non-hydrogen) atoms. The van der Waals surface area contributed by atoms with Crippen molar-refractivity contribution in [2.24, 2.45) is 0 Å². The molecule has 1 aromatic carbocycles. The SMILES string of the molecule is CCCC1CC(Nc2cc(F)c(Br)cc2F)CCO1. The van der Waals surface area contributed by atoms with Gasteiger partial charge in [-0.15, -0.1) is 0 Å². The van der Waals surface area contributed by atoms with Gasteiger partial charge in [0, 0.05) is 18.7 Å². The van der Waals surface area contributed by atoms with E-state index in [4.69, 9.17) is 4.74 Å². The minimum atomic E-state index is -0.457. The van der Waals surface area contributed by atoms with Gasteiger partial charge in [0.25, 0.3) is 0 Å². The van der Waals surface area contributed by atoms with Gasteiger partial charge in [0.05, 0.1) is 16.3 Å². The summed E-state index contributed by atoms with van der Waals surface area (Å²) >= 11 is 2.97. The van der Waals surface area contributed by atoms with Gasteiger partial charge >= 0.3 is 0 Å². The first-order valence-electron chi connectivity index (χ1n) is 6.62. The Labute approximate surface area is 120 Å². The highest BCUT2D eigenvalue weighted by atomic mass is 79.9. The van der Waals surface area contributed by atoms with Crippen LogP contribution in [-0.4, -0.2) is 18.8 Å². The Hall–Kier alpha value is -0.680. The minimum Gasteiger partial charge on any atom is -0.380 e. The second kappa shape index (κ2) is 6.66. The third-order valence-electron chi connectivity index (χ3n) is 3.35. The van der Waals surface area contributed by atoms with E-state index in [2.05, 4.69) is 28.2 Å². The molecule has 2 rings (SSSR count). The van der Waals surface area contributed by atoms with Crippen molar-refractivity contribution in [3.8, 4) is 0 Å². The third kappa shape index (κ3) is 3.89. The fourth-order valence-corrected chi connectivity index (χ4v) is 2.70. The zero-order valence-electron chi connectivity index (χ0n) is 10.9. The van der Waals surface area contributed by atoms with E-state index < -0.39 is 11.6 Å². The number of nitrogens with one attached hydrogen (secondary N) is 1. The van der Waals surface area contributed by atoms with E-state index in [0.717, 1.165) is 31.7 Å². The van der Waals surface area contributed by atoms with Crippen LogP contribution in [0.4, 0.5) is 14.5 Å². The van der Waals surface area contributed by atoms with Crippen molar-refractivity contribution in [2.75, 3.05) is 11.9 Å². The summed E-state index contributed by atoms with van der Waals surface area (Å²) in [5.41, 5.74) is 0.225. The molecule has 0 bridgehead atoms. The van der Waals surface area contributed by atoms with E-state index in [1.54, 1.807) is 0 Å². The van der Waals surface area contributed by atoms with Crippen molar-refractivity contribution >= 4 is 21.6 Å². The lowest BCUT2D eigenvalue weighted by Gasteiger charge is -2.30. The zero-order chi connectivity index (χ0) is 13.8. The molecule has 0 saturated carbocycles. The van der Waals surface area contributed by atoms with E-state index in [-0.39, 0.29) is 22.3 Å². The number of anilines is 1. The molecule has 1 N–H and O–H groups in total. The van der Waals surface area contributed by atoms with Crippen molar-refractivity contribution in [2.45, 2.75) is 44.8 Å². The molecule has 1 aliphatic rings. The van der Waals surface area contributed by atoms with Crippen molar-refractivity contribution < 1.29 is 13.5 Å². The van der Waals surface area contributed by atoms with Crippen LogP contribution in [0, 0.1) is 11.6 Å². The van der Waals surface area contributed by atoms with Gasteiger partial charge in [-0.05, 0) is 41.3 Å². The lowest BCUT2D eigenvalue weighted by Crippen LogP contribution is -2.34. The van der Waals surface area contributed by atoms with E-state index in [0.29, 0.717) is 6.61 Å².